The molecule has 2 aliphatic heterocycles. The van der Waals surface area contributed by atoms with Gasteiger partial charge in [0.05, 0.1) is 11.4 Å². The number of likely N-dealkylation sites (tertiary alicyclic amines) is 1. The maximum absolute atomic E-state index is 12.7. The lowest BCUT2D eigenvalue weighted by atomic mass is 9.83. The van der Waals surface area contributed by atoms with E-state index in [0.717, 1.165) is 58.1 Å². The molecule has 2 aromatic carbocycles. The Morgan fingerprint density at radius 2 is 1.92 bits per heavy atom. The Balaban J connectivity index is 1.07. The van der Waals surface area contributed by atoms with Crippen LogP contribution in [-0.4, -0.2) is 43.5 Å². The molecule has 2 aliphatic rings. The Kier molecular flexibility index (Phi) is 6.37. The molecule has 1 N–H and O–H groups in total. The van der Waals surface area contributed by atoms with Gasteiger partial charge in [0.15, 0.2) is 5.13 Å². The van der Waals surface area contributed by atoms with Crippen LogP contribution in [0.2, 0.25) is 0 Å². The smallest absolute Gasteiger partial charge is 0.250 e. The highest BCUT2D eigenvalue weighted by molar-refractivity contribution is 8.23. The number of thiazole rings is 1. The van der Waals surface area contributed by atoms with E-state index < -0.39 is 0 Å². The topological polar surface area (TPSA) is 67.2 Å². The van der Waals surface area contributed by atoms with Crippen LogP contribution in [0.3, 0.4) is 0 Å². The van der Waals surface area contributed by atoms with Crippen LogP contribution in [0.4, 0.5) is 5.13 Å². The maximum atomic E-state index is 12.7. The van der Waals surface area contributed by atoms with Gasteiger partial charge in [0.2, 0.25) is 5.91 Å². The molecule has 2 aromatic heterocycles. The summed E-state index contributed by atoms with van der Waals surface area (Å²) in [5.74, 6) is 0.813. The van der Waals surface area contributed by atoms with Crippen molar-refractivity contribution in [3.05, 3.63) is 82.1 Å². The quantitative estimate of drug-likeness (QED) is 0.365. The molecule has 6 rings (SSSR count). The van der Waals surface area contributed by atoms with Crippen molar-refractivity contribution in [3.63, 3.8) is 0 Å². The van der Waals surface area contributed by atoms with E-state index in [2.05, 4.69) is 45.5 Å². The van der Waals surface area contributed by atoms with Crippen LogP contribution in [0.25, 0.3) is 22.0 Å². The summed E-state index contributed by atoms with van der Waals surface area (Å²) in [6.07, 6.45) is 1.08. The SMILES string of the molecule is O=C(CSC(=S)N1C[C@H]2C[C@H](C1)c1cccc(=O)n1C2)Nc1nc(-c2cccc3ccccc23)cs1. The molecule has 182 valence electrons. The van der Waals surface area contributed by atoms with Crippen molar-refractivity contribution >= 4 is 61.4 Å². The van der Waals surface area contributed by atoms with Gasteiger partial charge >= 0.3 is 0 Å². The zero-order chi connectivity index (χ0) is 24.6. The first-order valence-electron chi connectivity index (χ1n) is 11.9. The van der Waals surface area contributed by atoms with Crippen LogP contribution in [0.1, 0.15) is 18.0 Å². The van der Waals surface area contributed by atoms with E-state index in [1.54, 1.807) is 6.07 Å². The van der Waals surface area contributed by atoms with Crippen molar-refractivity contribution in [1.82, 2.24) is 14.5 Å². The highest BCUT2D eigenvalue weighted by atomic mass is 32.2. The molecule has 1 fully saturated rings. The van der Waals surface area contributed by atoms with E-state index in [4.69, 9.17) is 12.2 Å². The zero-order valence-electron chi connectivity index (χ0n) is 19.4. The highest BCUT2D eigenvalue weighted by Gasteiger charge is 2.35. The number of nitrogens with zero attached hydrogens (tertiary/aromatic N) is 3. The van der Waals surface area contributed by atoms with Crippen molar-refractivity contribution in [1.29, 1.82) is 0 Å². The fourth-order valence-electron chi connectivity index (χ4n) is 5.32. The number of pyridine rings is 1. The summed E-state index contributed by atoms with van der Waals surface area (Å²) in [5.41, 5.74) is 3.09. The number of thiocarbonyl (C=S) groups is 1. The van der Waals surface area contributed by atoms with E-state index in [1.165, 1.54) is 23.1 Å². The van der Waals surface area contributed by atoms with Gasteiger partial charge in [0.1, 0.15) is 4.32 Å². The molecule has 2 atom stereocenters. The monoisotopic (exact) mass is 532 g/mol. The molecule has 1 saturated heterocycles. The average molecular weight is 533 g/mol. The Bertz CT molecular complexity index is 1520. The van der Waals surface area contributed by atoms with Gasteiger partial charge in [-0.2, -0.15) is 0 Å². The Labute approximate surface area is 222 Å². The zero-order valence-corrected chi connectivity index (χ0v) is 21.9. The maximum Gasteiger partial charge on any atom is 0.250 e. The second kappa shape index (κ2) is 9.80. The molecule has 36 heavy (non-hydrogen) atoms. The number of thioether (sulfide) groups is 1. The van der Waals surface area contributed by atoms with Crippen LogP contribution in [-0.2, 0) is 11.3 Å². The number of nitrogens with one attached hydrogen (secondary N) is 1. The summed E-state index contributed by atoms with van der Waals surface area (Å²) in [6, 6.07) is 19.9. The van der Waals surface area contributed by atoms with Gasteiger partial charge in [-0.15, -0.1) is 11.3 Å². The third kappa shape index (κ3) is 4.58. The summed E-state index contributed by atoms with van der Waals surface area (Å²) >= 11 is 8.52. The van der Waals surface area contributed by atoms with Crippen LogP contribution < -0.4 is 10.9 Å². The lowest BCUT2D eigenvalue weighted by Crippen LogP contribution is -2.48. The molecule has 0 unspecified atom stereocenters. The minimum absolute atomic E-state index is 0.0788. The van der Waals surface area contributed by atoms with E-state index in [9.17, 15) is 9.59 Å². The summed E-state index contributed by atoms with van der Waals surface area (Å²) in [5, 5.41) is 7.80. The summed E-state index contributed by atoms with van der Waals surface area (Å²) < 4.78 is 2.66. The predicted molar refractivity (Wildman–Crippen MR) is 152 cm³/mol. The minimum Gasteiger partial charge on any atom is -0.356 e. The number of carbonyl (C=O) groups is 1. The van der Waals surface area contributed by atoms with E-state index in [0.29, 0.717) is 17.0 Å². The van der Waals surface area contributed by atoms with E-state index in [-0.39, 0.29) is 17.2 Å². The molecule has 2 bridgehead atoms. The van der Waals surface area contributed by atoms with Crippen LogP contribution >= 0.6 is 35.3 Å². The third-order valence-electron chi connectivity index (χ3n) is 6.88. The van der Waals surface area contributed by atoms with Crippen LogP contribution in [0.5, 0.6) is 0 Å². The lowest BCUT2D eigenvalue weighted by molar-refractivity contribution is -0.113. The molecule has 4 aromatic rings. The van der Waals surface area contributed by atoms with Gasteiger partial charge in [0.25, 0.3) is 5.56 Å². The van der Waals surface area contributed by atoms with Crippen molar-refractivity contribution < 1.29 is 4.79 Å². The summed E-state index contributed by atoms with van der Waals surface area (Å²) in [7, 11) is 0. The van der Waals surface area contributed by atoms with Crippen molar-refractivity contribution in [3.8, 4) is 11.3 Å². The second-order valence-corrected chi connectivity index (χ2v) is 11.7. The minimum atomic E-state index is -0.115. The first kappa shape index (κ1) is 23.4. The molecule has 0 saturated carbocycles. The number of rotatable bonds is 4. The molecule has 4 heterocycles. The Morgan fingerprint density at radius 1 is 1.08 bits per heavy atom. The molecule has 9 heteroatoms. The van der Waals surface area contributed by atoms with Gasteiger partial charge in [-0.1, -0.05) is 72.5 Å². The van der Waals surface area contributed by atoms with Crippen molar-refractivity contribution in [2.24, 2.45) is 5.92 Å². The van der Waals surface area contributed by atoms with E-state index >= 15 is 0 Å². The fourth-order valence-corrected chi connectivity index (χ4v) is 7.03. The number of hydrogen-bond donors (Lipinski definition) is 1. The number of amides is 1. The number of aromatic nitrogens is 2. The molecular formula is C27H24N4O2S3. The largest absolute Gasteiger partial charge is 0.356 e. The molecular weight excluding hydrogens is 509 g/mol. The number of hydrogen-bond acceptors (Lipinski definition) is 6. The first-order valence-corrected chi connectivity index (χ1v) is 14.2. The van der Waals surface area contributed by atoms with Gasteiger partial charge in [-0.25, -0.2) is 4.98 Å². The first-order chi connectivity index (χ1) is 17.5. The average Bonchev–Trinajstić information content (AvgIpc) is 3.35. The fraction of sp³-hybridized carbons (Fsp3) is 0.259. The van der Waals surface area contributed by atoms with Crippen molar-refractivity contribution in [2.75, 3.05) is 24.2 Å². The third-order valence-corrected chi connectivity index (χ3v) is 9.16. The number of anilines is 1. The van der Waals surface area contributed by atoms with Crippen LogP contribution in [0.15, 0.2) is 70.8 Å². The van der Waals surface area contributed by atoms with Crippen LogP contribution in [0, 0.1) is 5.92 Å². The van der Waals surface area contributed by atoms with Gasteiger partial charge in [0, 0.05) is 48.3 Å². The second-order valence-electron chi connectivity index (χ2n) is 9.27. The lowest BCUT2D eigenvalue weighted by Gasteiger charge is -2.43. The molecule has 0 spiro atoms. The molecule has 0 radical (unpaired) electrons. The summed E-state index contributed by atoms with van der Waals surface area (Å²) in [6.45, 7) is 2.35. The van der Waals surface area contributed by atoms with Crippen molar-refractivity contribution in [2.45, 2.75) is 18.9 Å². The van der Waals surface area contributed by atoms with Gasteiger partial charge in [-0.3, -0.25) is 9.59 Å². The number of fused-ring (bicyclic) bond motifs is 5. The Hall–Kier alpha value is -3.01. The number of benzene rings is 2. The molecule has 0 aliphatic carbocycles. The summed E-state index contributed by atoms with van der Waals surface area (Å²) in [4.78, 5) is 31.8. The number of piperidine rings is 1. The molecule has 1 amide bonds. The van der Waals surface area contributed by atoms with E-state index in [1.807, 2.05) is 34.2 Å². The predicted octanol–water partition coefficient (Wildman–Crippen LogP) is 5.20. The van der Waals surface area contributed by atoms with Gasteiger partial charge < -0.3 is 14.8 Å². The Morgan fingerprint density at radius 3 is 2.83 bits per heavy atom. The molecule has 6 nitrogen and oxygen atoms in total. The van der Waals surface area contributed by atoms with Gasteiger partial charge in [-0.05, 0) is 29.2 Å². The normalized spacial score (nSPS) is 18.6. The number of carbonyl (C=O) groups excluding carboxylic acids is 1. The highest BCUT2D eigenvalue weighted by Crippen LogP contribution is 2.36. The standard InChI is InChI=1S/C27H24N4O2S3/c32-24(29-26-28-22(15-35-26)21-8-3-6-18-5-1-2-7-20(18)21)16-36-27(34)30-12-17-11-19(14-30)23-9-4-10-25(33)31(23)13-17/h1-10,15,17,19H,11-14,16H2,(H,28,29,32)/t17-,19-/m1/s1.